The lowest BCUT2D eigenvalue weighted by Crippen LogP contribution is -2.36. The van der Waals surface area contributed by atoms with Crippen LogP contribution in [0.5, 0.6) is 0 Å². The number of hydrogen-bond donors (Lipinski definition) is 0. The van der Waals surface area contributed by atoms with Crippen LogP contribution in [0.25, 0.3) is 33.9 Å². The van der Waals surface area contributed by atoms with Crippen molar-refractivity contribution in [2.75, 3.05) is 18.1 Å². The Balaban J connectivity index is 1.44. The highest BCUT2D eigenvalue weighted by molar-refractivity contribution is 8.03. The fourth-order valence-electron chi connectivity index (χ4n) is 5.82. The molecule has 0 saturated heterocycles. The van der Waals surface area contributed by atoms with Crippen molar-refractivity contribution in [3.8, 4) is 21.7 Å². The average molecular weight is 679 g/mol. The number of thioether (sulfide) groups is 1. The summed E-state index contributed by atoms with van der Waals surface area (Å²) in [7, 11) is 0. The highest BCUT2D eigenvalue weighted by Gasteiger charge is 2.27. The second-order valence-electron chi connectivity index (χ2n) is 11.1. The first-order valence-electron chi connectivity index (χ1n) is 16.2. The van der Waals surface area contributed by atoms with Crippen LogP contribution < -0.4 is 24.2 Å². The molecule has 8 heteroatoms. The van der Waals surface area contributed by atoms with Gasteiger partial charge in [-0.05, 0) is 82.2 Å². The van der Waals surface area contributed by atoms with Crippen LogP contribution in [-0.4, -0.2) is 17.7 Å². The van der Waals surface area contributed by atoms with Gasteiger partial charge in [0.25, 0.3) is 10.6 Å². The third-order valence-corrected chi connectivity index (χ3v) is 11.4. The molecule has 0 atom stereocenters. The molecule has 5 aromatic rings. The summed E-state index contributed by atoms with van der Waals surface area (Å²) in [4.78, 5) is 18.5. The molecule has 3 aromatic carbocycles. The van der Waals surface area contributed by atoms with Crippen molar-refractivity contribution in [1.82, 2.24) is 4.57 Å². The highest BCUT2D eigenvalue weighted by Crippen LogP contribution is 2.46. The lowest BCUT2D eigenvalue weighted by atomic mass is 10.1. The molecule has 2 aromatic heterocycles. The fourth-order valence-corrected chi connectivity index (χ4v) is 9.38. The summed E-state index contributed by atoms with van der Waals surface area (Å²) in [5.74, 6) is 0.737. The second-order valence-corrected chi connectivity index (χ2v) is 14.2. The molecule has 240 valence electrons. The summed E-state index contributed by atoms with van der Waals surface area (Å²) in [5, 5.41) is 2.24. The minimum absolute atomic E-state index is 0.0166. The standard InChI is InChI=1S/C39H40N3O2S3/c1-6-40-31-24-27(5)20-22-32(31)45-34(40)25-30(44-9-4)21-23-33-39(43)42(8-3)36(46-33)26-35-41(7-2)37(28-16-12-10-13-17-28)38(47-35)29-18-14-11-15-19-29/h10-26H,6-9H2,1-5H3/q+1/b30-21+,33-23+,34-25-. The Bertz CT molecular complexity index is 2120. The zero-order chi connectivity index (χ0) is 32.9. The van der Waals surface area contributed by atoms with E-state index >= 15 is 0 Å². The van der Waals surface area contributed by atoms with E-state index in [1.54, 1.807) is 23.1 Å². The monoisotopic (exact) mass is 678 g/mol. The van der Waals surface area contributed by atoms with Crippen molar-refractivity contribution in [2.45, 2.75) is 52.6 Å². The van der Waals surface area contributed by atoms with Crippen LogP contribution in [0.1, 0.15) is 38.3 Å². The van der Waals surface area contributed by atoms with Crippen LogP contribution in [0.15, 0.2) is 111 Å². The molecule has 0 amide bonds. The van der Waals surface area contributed by atoms with Crippen molar-refractivity contribution in [1.29, 1.82) is 0 Å². The van der Waals surface area contributed by atoms with Crippen LogP contribution in [-0.2, 0) is 17.8 Å². The maximum Gasteiger partial charge on any atom is 0.269 e. The average Bonchev–Trinajstić information content (AvgIpc) is 3.73. The number of benzene rings is 3. The van der Waals surface area contributed by atoms with E-state index in [2.05, 4.69) is 121 Å². The number of rotatable bonds is 10. The largest absolute Gasteiger partial charge is 0.494 e. The Morgan fingerprint density at radius 2 is 1.62 bits per heavy atom. The minimum Gasteiger partial charge on any atom is -0.494 e. The van der Waals surface area contributed by atoms with Gasteiger partial charge >= 0.3 is 0 Å². The smallest absolute Gasteiger partial charge is 0.269 e. The molecule has 0 aliphatic carbocycles. The van der Waals surface area contributed by atoms with Gasteiger partial charge in [0.05, 0.1) is 27.9 Å². The maximum absolute atomic E-state index is 13.7. The van der Waals surface area contributed by atoms with Gasteiger partial charge in [-0.25, -0.2) is 0 Å². The summed E-state index contributed by atoms with van der Waals surface area (Å²) in [6, 6.07) is 27.7. The van der Waals surface area contributed by atoms with E-state index in [1.165, 1.54) is 49.2 Å². The number of hydrogen-bond acceptors (Lipinski definition) is 6. The Morgan fingerprint density at radius 1 is 0.894 bits per heavy atom. The van der Waals surface area contributed by atoms with Crippen molar-refractivity contribution >= 4 is 52.3 Å². The Hall–Kier alpha value is -4.11. The molecule has 0 N–H and O–H groups in total. The van der Waals surface area contributed by atoms with Crippen LogP contribution in [0.4, 0.5) is 5.69 Å². The molecule has 0 unspecified atom stereocenters. The molecule has 1 aliphatic heterocycles. The van der Waals surface area contributed by atoms with Crippen LogP contribution in [0, 0.1) is 6.92 Å². The number of fused-ring (bicyclic) bond motifs is 1. The van der Waals surface area contributed by atoms with E-state index in [4.69, 9.17) is 4.74 Å². The van der Waals surface area contributed by atoms with Crippen molar-refractivity contribution in [2.24, 2.45) is 0 Å². The first-order valence-corrected chi connectivity index (χ1v) is 18.6. The van der Waals surface area contributed by atoms with Gasteiger partial charge in [-0.3, -0.25) is 9.36 Å². The van der Waals surface area contributed by atoms with Gasteiger partial charge in [-0.1, -0.05) is 77.7 Å². The number of allylic oxidation sites excluding steroid dienone is 2. The molecule has 5 nitrogen and oxygen atoms in total. The molecule has 3 heterocycles. The van der Waals surface area contributed by atoms with Gasteiger partial charge < -0.3 is 9.64 Å². The van der Waals surface area contributed by atoms with Gasteiger partial charge in [0.2, 0.25) is 5.69 Å². The number of aryl methyl sites for hydroxylation is 1. The van der Waals surface area contributed by atoms with Gasteiger partial charge in [0.1, 0.15) is 21.8 Å². The first kappa shape index (κ1) is 32.8. The molecular formula is C39H40N3O2S3+. The predicted molar refractivity (Wildman–Crippen MR) is 200 cm³/mol. The maximum atomic E-state index is 13.7. The molecular weight excluding hydrogens is 639 g/mol. The summed E-state index contributed by atoms with van der Waals surface area (Å²) < 4.78 is 11.9. The Kier molecular flexibility index (Phi) is 10.3. The highest BCUT2D eigenvalue weighted by atomic mass is 32.2. The van der Waals surface area contributed by atoms with E-state index in [0.29, 0.717) is 17.7 Å². The second kappa shape index (κ2) is 14.8. The quantitative estimate of drug-likeness (QED) is 0.111. The summed E-state index contributed by atoms with van der Waals surface area (Å²) in [5.41, 5.74) is 6.06. The Morgan fingerprint density at radius 3 is 2.28 bits per heavy atom. The topological polar surface area (TPSA) is 38.4 Å². The third-order valence-electron chi connectivity index (χ3n) is 8.03. The van der Waals surface area contributed by atoms with E-state index in [0.717, 1.165) is 33.5 Å². The molecule has 0 radical (unpaired) electrons. The lowest BCUT2D eigenvalue weighted by molar-refractivity contribution is -0.679. The van der Waals surface area contributed by atoms with Gasteiger partial charge in [-0.15, -0.1) is 11.3 Å². The normalized spacial score (nSPS) is 14.8. The van der Waals surface area contributed by atoms with Gasteiger partial charge in [-0.2, -0.15) is 4.57 Å². The molecule has 0 spiro atoms. The SMILES string of the molecule is CCOC(/C=C1\Sc2ccc(C)cc2N1CC)=C/C=c1/s/c(=C/c2sc(-c3ccccc3)c(-c3ccccc3)[n+]2CC)n(CC)c1=O. The van der Waals surface area contributed by atoms with Crippen LogP contribution >= 0.6 is 34.4 Å². The molecule has 47 heavy (non-hydrogen) atoms. The van der Waals surface area contributed by atoms with Gasteiger partial charge in [0, 0.05) is 29.6 Å². The van der Waals surface area contributed by atoms with Crippen LogP contribution in [0.3, 0.4) is 0 Å². The molecule has 0 saturated carbocycles. The number of ether oxygens (including phenoxy) is 1. The fraction of sp³-hybridized carbons (Fsp3) is 0.231. The zero-order valence-corrected chi connectivity index (χ0v) is 30.0. The van der Waals surface area contributed by atoms with Crippen molar-refractivity contribution < 1.29 is 9.30 Å². The van der Waals surface area contributed by atoms with Crippen LogP contribution in [0.2, 0.25) is 0 Å². The number of anilines is 1. The molecule has 1 aliphatic rings. The van der Waals surface area contributed by atoms with Gasteiger partial charge in [0.15, 0.2) is 0 Å². The number of thiazole rings is 2. The third kappa shape index (κ3) is 6.82. The predicted octanol–water partition coefficient (Wildman–Crippen LogP) is 7.94. The van der Waals surface area contributed by atoms with Crippen molar-refractivity contribution in [3.05, 3.63) is 132 Å². The van der Waals surface area contributed by atoms with E-state index in [1.807, 2.05) is 30.6 Å². The Labute approximate surface area is 289 Å². The molecule has 0 fully saturated rings. The zero-order valence-electron chi connectivity index (χ0n) is 27.5. The van der Waals surface area contributed by atoms with E-state index in [9.17, 15) is 4.79 Å². The van der Waals surface area contributed by atoms with E-state index < -0.39 is 0 Å². The number of nitrogens with zero attached hydrogens (tertiary/aromatic N) is 3. The summed E-state index contributed by atoms with van der Waals surface area (Å²) in [6.45, 7) is 13.3. The lowest BCUT2D eigenvalue weighted by Gasteiger charge is -2.18. The first-order chi connectivity index (χ1) is 22.9. The van der Waals surface area contributed by atoms with Crippen molar-refractivity contribution in [3.63, 3.8) is 0 Å². The molecule has 6 rings (SSSR count). The van der Waals surface area contributed by atoms with E-state index in [-0.39, 0.29) is 5.56 Å². The molecule has 0 bridgehead atoms. The minimum atomic E-state index is 0.0166. The number of aromatic nitrogens is 2. The summed E-state index contributed by atoms with van der Waals surface area (Å²) >= 11 is 5.05. The summed E-state index contributed by atoms with van der Waals surface area (Å²) in [6.07, 6.45) is 8.13.